The Morgan fingerprint density at radius 3 is 2.62 bits per heavy atom. The first-order valence-electron chi connectivity index (χ1n) is 5.20. The first-order chi connectivity index (χ1) is 7.68. The zero-order chi connectivity index (χ0) is 11.5. The molecule has 0 fully saturated rings. The molecule has 0 saturated carbocycles. The highest BCUT2D eigenvalue weighted by atomic mass is 127. The van der Waals surface area contributed by atoms with Crippen molar-refractivity contribution in [3.63, 3.8) is 0 Å². The van der Waals surface area contributed by atoms with Crippen LogP contribution in [0.3, 0.4) is 0 Å². The topological polar surface area (TPSA) is 43.8 Å². The van der Waals surface area contributed by atoms with Gasteiger partial charge in [0.15, 0.2) is 0 Å². The van der Waals surface area contributed by atoms with E-state index in [4.69, 9.17) is 5.73 Å². The van der Waals surface area contributed by atoms with Crippen LogP contribution < -0.4 is 5.73 Å². The van der Waals surface area contributed by atoms with Crippen LogP contribution in [0.1, 0.15) is 18.4 Å². The molecule has 1 heterocycles. The zero-order valence-corrected chi connectivity index (χ0v) is 11.3. The molecule has 0 radical (unpaired) electrons. The normalized spacial score (nSPS) is 12.6. The summed E-state index contributed by atoms with van der Waals surface area (Å²) in [5.41, 5.74) is 7.23. The maximum atomic E-state index is 5.92. The summed E-state index contributed by atoms with van der Waals surface area (Å²) in [5, 5.41) is 4.26. The first-order valence-corrected chi connectivity index (χ1v) is 6.28. The molecule has 0 bridgehead atoms. The van der Waals surface area contributed by atoms with Crippen molar-refractivity contribution >= 4 is 28.4 Å². The molecule has 1 atom stereocenters. The summed E-state index contributed by atoms with van der Waals surface area (Å²) >= 11 is 2.20. The molecule has 0 spiro atoms. The molecule has 0 aliphatic carbocycles. The summed E-state index contributed by atoms with van der Waals surface area (Å²) in [7, 11) is 0. The van der Waals surface area contributed by atoms with Crippen LogP contribution in [0, 0.1) is 3.57 Å². The predicted molar refractivity (Wildman–Crippen MR) is 74.2 cm³/mol. The molecule has 1 aromatic heterocycles. The van der Waals surface area contributed by atoms with Crippen LogP contribution in [0.5, 0.6) is 0 Å². The zero-order valence-electron chi connectivity index (χ0n) is 9.10. The minimum atomic E-state index is 0.416. The van der Waals surface area contributed by atoms with Crippen molar-refractivity contribution < 1.29 is 0 Å². The summed E-state index contributed by atoms with van der Waals surface area (Å²) in [4.78, 5) is 0. The molecule has 0 amide bonds. The Kier molecular flexibility index (Phi) is 3.48. The molecule has 4 heteroatoms. The summed E-state index contributed by atoms with van der Waals surface area (Å²) in [5.74, 6) is 1.17. The Morgan fingerprint density at radius 2 is 2.06 bits per heavy atom. The maximum absolute atomic E-state index is 5.92. The van der Waals surface area contributed by atoms with Crippen LogP contribution in [0.25, 0.3) is 0 Å². The number of nitrogens with zero attached hydrogens (tertiary/aromatic N) is 2. The number of hydrogen-bond acceptors (Lipinski definition) is 2. The van der Waals surface area contributed by atoms with Crippen LogP contribution in [0.2, 0.25) is 0 Å². The Hall–Kier alpha value is -1.04. The van der Waals surface area contributed by atoms with Gasteiger partial charge in [-0.2, -0.15) is 5.10 Å². The van der Waals surface area contributed by atoms with E-state index in [1.807, 2.05) is 10.7 Å². The third-order valence-corrected chi connectivity index (χ3v) is 3.48. The molecule has 0 aliphatic rings. The molecule has 3 nitrogen and oxygen atoms in total. The van der Waals surface area contributed by atoms with Gasteiger partial charge in [-0.25, -0.2) is 4.68 Å². The van der Waals surface area contributed by atoms with Crippen LogP contribution in [-0.2, 0) is 6.54 Å². The molecule has 2 aromatic rings. The second-order valence-electron chi connectivity index (χ2n) is 3.87. The SMILES string of the molecule is CC(Cn1ncc(I)c1N)c1ccccc1. The van der Waals surface area contributed by atoms with Crippen LogP contribution in [-0.4, -0.2) is 9.78 Å². The van der Waals surface area contributed by atoms with E-state index in [2.05, 4.69) is 58.9 Å². The monoisotopic (exact) mass is 327 g/mol. The molecule has 1 aromatic carbocycles. The van der Waals surface area contributed by atoms with E-state index < -0.39 is 0 Å². The molecule has 2 rings (SSSR count). The number of aromatic nitrogens is 2. The van der Waals surface area contributed by atoms with Gasteiger partial charge < -0.3 is 5.73 Å². The molecule has 1 unspecified atom stereocenters. The van der Waals surface area contributed by atoms with Crippen LogP contribution in [0.15, 0.2) is 36.5 Å². The van der Waals surface area contributed by atoms with Gasteiger partial charge >= 0.3 is 0 Å². The fourth-order valence-electron chi connectivity index (χ4n) is 1.66. The number of anilines is 1. The Labute approximate surface area is 109 Å². The minimum absolute atomic E-state index is 0.416. The first kappa shape index (κ1) is 11.4. The number of rotatable bonds is 3. The average Bonchev–Trinajstić information content (AvgIpc) is 2.62. The van der Waals surface area contributed by atoms with Gasteiger partial charge in [-0.3, -0.25) is 0 Å². The van der Waals surface area contributed by atoms with Crippen molar-refractivity contribution in [2.24, 2.45) is 0 Å². The molecule has 16 heavy (non-hydrogen) atoms. The summed E-state index contributed by atoms with van der Waals surface area (Å²) in [6, 6.07) is 10.4. The number of hydrogen-bond donors (Lipinski definition) is 1. The van der Waals surface area contributed by atoms with Crippen molar-refractivity contribution in [3.8, 4) is 0 Å². The van der Waals surface area contributed by atoms with Crippen LogP contribution >= 0.6 is 22.6 Å². The fourth-order valence-corrected chi connectivity index (χ4v) is 2.07. The maximum Gasteiger partial charge on any atom is 0.135 e. The summed E-state index contributed by atoms with van der Waals surface area (Å²) in [6.07, 6.45) is 1.80. The molecule has 2 N–H and O–H groups in total. The van der Waals surface area contributed by atoms with Crippen LogP contribution in [0.4, 0.5) is 5.82 Å². The largest absolute Gasteiger partial charge is 0.383 e. The van der Waals surface area contributed by atoms with E-state index in [1.54, 1.807) is 6.20 Å². The van der Waals surface area contributed by atoms with Crippen molar-refractivity contribution in [1.82, 2.24) is 9.78 Å². The molecule has 0 aliphatic heterocycles. The number of nitrogens with two attached hydrogens (primary N) is 1. The third kappa shape index (κ3) is 2.37. The lowest BCUT2D eigenvalue weighted by Gasteiger charge is -2.12. The fraction of sp³-hybridized carbons (Fsp3) is 0.250. The lowest BCUT2D eigenvalue weighted by molar-refractivity contribution is 0.550. The van der Waals surface area contributed by atoms with Gasteiger partial charge in [0, 0.05) is 12.5 Å². The Bertz CT molecular complexity index is 464. The van der Waals surface area contributed by atoms with Gasteiger partial charge in [0.05, 0.1) is 9.77 Å². The van der Waals surface area contributed by atoms with Gasteiger partial charge in [-0.1, -0.05) is 37.3 Å². The van der Waals surface area contributed by atoms with Gasteiger partial charge in [0.25, 0.3) is 0 Å². The van der Waals surface area contributed by atoms with Crippen molar-refractivity contribution in [2.75, 3.05) is 5.73 Å². The molecule has 84 valence electrons. The smallest absolute Gasteiger partial charge is 0.135 e. The second-order valence-corrected chi connectivity index (χ2v) is 5.03. The van der Waals surface area contributed by atoms with E-state index in [0.717, 1.165) is 15.9 Å². The minimum Gasteiger partial charge on any atom is -0.383 e. The van der Waals surface area contributed by atoms with Crippen molar-refractivity contribution in [3.05, 3.63) is 45.7 Å². The third-order valence-electron chi connectivity index (χ3n) is 2.65. The van der Waals surface area contributed by atoms with E-state index in [-0.39, 0.29) is 0 Å². The standard InChI is InChI=1S/C12H14IN3/c1-9(10-5-3-2-4-6-10)8-16-12(14)11(13)7-15-16/h2-7,9H,8,14H2,1H3. The number of benzene rings is 1. The molecular weight excluding hydrogens is 313 g/mol. The van der Waals surface area contributed by atoms with E-state index in [1.165, 1.54) is 5.56 Å². The molecule has 0 saturated heterocycles. The van der Waals surface area contributed by atoms with Gasteiger partial charge in [0.1, 0.15) is 5.82 Å². The second kappa shape index (κ2) is 4.86. The lowest BCUT2D eigenvalue weighted by Crippen LogP contribution is -2.10. The number of nitrogen functional groups attached to an aromatic ring is 1. The van der Waals surface area contributed by atoms with E-state index in [9.17, 15) is 0 Å². The van der Waals surface area contributed by atoms with Crippen molar-refractivity contribution in [1.29, 1.82) is 0 Å². The average molecular weight is 327 g/mol. The van der Waals surface area contributed by atoms with E-state index >= 15 is 0 Å². The number of halogens is 1. The summed E-state index contributed by atoms with van der Waals surface area (Å²) < 4.78 is 2.87. The van der Waals surface area contributed by atoms with Gasteiger partial charge in [-0.15, -0.1) is 0 Å². The van der Waals surface area contributed by atoms with Gasteiger partial charge in [-0.05, 0) is 28.2 Å². The van der Waals surface area contributed by atoms with Gasteiger partial charge in [0.2, 0.25) is 0 Å². The van der Waals surface area contributed by atoms with Crippen molar-refractivity contribution in [2.45, 2.75) is 19.4 Å². The highest BCUT2D eigenvalue weighted by Gasteiger charge is 2.10. The summed E-state index contributed by atoms with van der Waals surface area (Å²) in [6.45, 7) is 3.00. The highest BCUT2D eigenvalue weighted by molar-refractivity contribution is 14.1. The Morgan fingerprint density at radius 1 is 1.38 bits per heavy atom. The lowest BCUT2D eigenvalue weighted by atomic mass is 10.0. The van der Waals surface area contributed by atoms with E-state index in [0.29, 0.717) is 5.92 Å². The predicted octanol–water partition coefficient (Wildman–Crippen LogP) is 2.87. The molecular formula is C12H14IN3. The highest BCUT2D eigenvalue weighted by Crippen LogP contribution is 2.20. The quantitative estimate of drug-likeness (QED) is 0.881. The Balaban J connectivity index is 2.14.